The van der Waals surface area contributed by atoms with Crippen molar-refractivity contribution < 1.29 is 19.1 Å². The van der Waals surface area contributed by atoms with Crippen LogP contribution in [0.25, 0.3) is 0 Å². The van der Waals surface area contributed by atoms with E-state index in [1.165, 1.54) is 12.3 Å². The van der Waals surface area contributed by atoms with Crippen molar-refractivity contribution in [1.29, 1.82) is 0 Å². The van der Waals surface area contributed by atoms with Crippen LogP contribution in [0.15, 0.2) is 16.7 Å². The van der Waals surface area contributed by atoms with E-state index in [0.717, 1.165) is 19.6 Å². The second kappa shape index (κ2) is 6.56. The second-order valence-electron chi connectivity index (χ2n) is 5.12. The number of carbonyl (C=O) groups is 1. The zero-order valence-electron chi connectivity index (χ0n) is 11.2. The van der Waals surface area contributed by atoms with Gasteiger partial charge in [-0.15, -0.1) is 0 Å². The Kier molecular flexibility index (Phi) is 5.37. The van der Waals surface area contributed by atoms with Gasteiger partial charge in [-0.1, -0.05) is 13.8 Å². The maximum Gasteiger partial charge on any atom is 0.338 e. The molecule has 0 atom stereocenters. The summed E-state index contributed by atoms with van der Waals surface area (Å²) in [5.41, 5.74) is 0.323. The van der Waals surface area contributed by atoms with E-state index >= 15 is 0 Å². The Morgan fingerprint density at radius 1 is 1.56 bits per heavy atom. The van der Waals surface area contributed by atoms with Gasteiger partial charge in [0.05, 0.1) is 12.1 Å². The molecule has 0 saturated carbocycles. The zero-order valence-corrected chi connectivity index (χ0v) is 11.2. The maximum atomic E-state index is 10.7. The molecule has 18 heavy (non-hydrogen) atoms. The standard InChI is InChI=1S/C13H21NO4/c1-13(2,4-5-17-3)9-14-7-11-6-10(8-18-11)12(15)16/h6,8,14H,4-5,7,9H2,1-3H3,(H,15,16). The van der Waals surface area contributed by atoms with Gasteiger partial charge in [-0.25, -0.2) is 4.79 Å². The number of furan rings is 1. The highest BCUT2D eigenvalue weighted by Crippen LogP contribution is 2.19. The van der Waals surface area contributed by atoms with Crippen LogP contribution in [-0.2, 0) is 11.3 Å². The fraction of sp³-hybridized carbons (Fsp3) is 0.615. The van der Waals surface area contributed by atoms with E-state index in [-0.39, 0.29) is 11.0 Å². The number of ether oxygens (including phenoxy) is 1. The van der Waals surface area contributed by atoms with Gasteiger partial charge in [-0.05, 0) is 17.9 Å². The van der Waals surface area contributed by atoms with Crippen LogP contribution >= 0.6 is 0 Å². The van der Waals surface area contributed by atoms with Crippen molar-refractivity contribution in [2.75, 3.05) is 20.3 Å². The van der Waals surface area contributed by atoms with Gasteiger partial charge in [0.2, 0.25) is 0 Å². The smallest absolute Gasteiger partial charge is 0.338 e. The predicted octanol–water partition coefficient (Wildman–Crippen LogP) is 2.13. The zero-order chi connectivity index (χ0) is 13.6. The Morgan fingerprint density at radius 2 is 2.28 bits per heavy atom. The number of methoxy groups -OCH3 is 1. The first kappa shape index (κ1) is 14.7. The van der Waals surface area contributed by atoms with Crippen molar-refractivity contribution in [2.24, 2.45) is 5.41 Å². The van der Waals surface area contributed by atoms with E-state index in [1.807, 2.05) is 0 Å². The van der Waals surface area contributed by atoms with E-state index in [2.05, 4.69) is 19.2 Å². The third-order valence-corrected chi connectivity index (χ3v) is 2.79. The molecular formula is C13H21NO4. The van der Waals surface area contributed by atoms with Gasteiger partial charge in [0.15, 0.2) is 0 Å². The summed E-state index contributed by atoms with van der Waals surface area (Å²) < 4.78 is 10.2. The quantitative estimate of drug-likeness (QED) is 0.744. The molecule has 0 aliphatic heterocycles. The van der Waals surface area contributed by atoms with Crippen molar-refractivity contribution >= 4 is 5.97 Å². The normalized spacial score (nSPS) is 11.7. The van der Waals surface area contributed by atoms with Crippen molar-refractivity contribution in [1.82, 2.24) is 5.32 Å². The molecule has 0 fully saturated rings. The Bertz CT molecular complexity index is 384. The summed E-state index contributed by atoms with van der Waals surface area (Å²) in [6.07, 6.45) is 2.23. The van der Waals surface area contributed by atoms with Crippen molar-refractivity contribution in [3.63, 3.8) is 0 Å². The van der Waals surface area contributed by atoms with Gasteiger partial charge >= 0.3 is 5.97 Å². The summed E-state index contributed by atoms with van der Waals surface area (Å²) in [6.45, 7) is 6.40. The summed E-state index contributed by atoms with van der Waals surface area (Å²) in [6, 6.07) is 1.54. The van der Waals surface area contributed by atoms with Gasteiger partial charge in [-0.2, -0.15) is 0 Å². The fourth-order valence-corrected chi connectivity index (χ4v) is 1.58. The molecule has 5 heteroatoms. The van der Waals surface area contributed by atoms with Gasteiger partial charge in [-0.3, -0.25) is 0 Å². The van der Waals surface area contributed by atoms with Crippen LogP contribution in [0.3, 0.4) is 0 Å². The number of carboxylic acid groups (broad SMARTS) is 1. The lowest BCUT2D eigenvalue weighted by Gasteiger charge is -2.24. The number of hydrogen-bond donors (Lipinski definition) is 2. The summed E-state index contributed by atoms with van der Waals surface area (Å²) >= 11 is 0. The van der Waals surface area contributed by atoms with Gasteiger partial charge < -0.3 is 19.6 Å². The van der Waals surface area contributed by atoms with Crippen LogP contribution in [0.1, 0.15) is 36.4 Å². The van der Waals surface area contributed by atoms with Crippen molar-refractivity contribution in [3.8, 4) is 0 Å². The molecule has 1 aromatic heterocycles. The van der Waals surface area contributed by atoms with E-state index in [9.17, 15) is 4.79 Å². The van der Waals surface area contributed by atoms with Crippen molar-refractivity contribution in [3.05, 3.63) is 23.7 Å². The average Bonchev–Trinajstić information content (AvgIpc) is 2.75. The van der Waals surface area contributed by atoms with E-state index in [0.29, 0.717) is 12.3 Å². The first-order valence-electron chi connectivity index (χ1n) is 5.95. The highest BCUT2D eigenvalue weighted by atomic mass is 16.5. The minimum absolute atomic E-state index is 0.137. The number of aromatic carboxylic acids is 1. The molecular weight excluding hydrogens is 234 g/mol. The monoisotopic (exact) mass is 255 g/mol. The van der Waals surface area contributed by atoms with Gasteiger partial charge in [0.25, 0.3) is 0 Å². The fourth-order valence-electron chi connectivity index (χ4n) is 1.58. The van der Waals surface area contributed by atoms with E-state index in [1.54, 1.807) is 7.11 Å². The molecule has 5 nitrogen and oxygen atoms in total. The van der Waals surface area contributed by atoms with Crippen molar-refractivity contribution in [2.45, 2.75) is 26.8 Å². The first-order valence-corrected chi connectivity index (χ1v) is 5.95. The second-order valence-corrected chi connectivity index (χ2v) is 5.12. The minimum Gasteiger partial charge on any atom is -0.478 e. The third-order valence-electron chi connectivity index (χ3n) is 2.79. The van der Waals surface area contributed by atoms with Gasteiger partial charge in [0.1, 0.15) is 12.0 Å². The molecule has 1 rings (SSSR count). The van der Waals surface area contributed by atoms with Crippen LogP contribution in [0.4, 0.5) is 0 Å². The SMILES string of the molecule is COCCC(C)(C)CNCc1cc(C(=O)O)co1. The Hall–Kier alpha value is -1.33. The molecule has 102 valence electrons. The first-order chi connectivity index (χ1) is 8.44. The van der Waals surface area contributed by atoms with Crippen LogP contribution in [0.5, 0.6) is 0 Å². The minimum atomic E-state index is -0.967. The van der Waals surface area contributed by atoms with Gasteiger partial charge in [0, 0.05) is 20.3 Å². The molecule has 1 aromatic rings. The lowest BCUT2D eigenvalue weighted by atomic mass is 9.90. The molecule has 0 amide bonds. The van der Waals surface area contributed by atoms with E-state index in [4.69, 9.17) is 14.3 Å². The molecule has 0 spiro atoms. The number of hydrogen-bond acceptors (Lipinski definition) is 4. The number of rotatable bonds is 8. The number of nitrogens with one attached hydrogen (secondary N) is 1. The average molecular weight is 255 g/mol. The summed E-state index contributed by atoms with van der Waals surface area (Å²) in [5.74, 6) is -0.333. The molecule has 0 radical (unpaired) electrons. The Balaban J connectivity index is 2.34. The van der Waals surface area contributed by atoms with Crippen LogP contribution in [0, 0.1) is 5.41 Å². The molecule has 0 saturated heterocycles. The lowest BCUT2D eigenvalue weighted by Crippen LogP contribution is -2.30. The van der Waals surface area contributed by atoms with Crippen LogP contribution in [0.2, 0.25) is 0 Å². The Morgan fingerprint density at radius 3 is 2.83 bits per heavy atom. The van der Waals surface area contributed by atoms with Crippen LogP contribution in [-0.4, -0.2) is 31.3 Å². The summed E-state index contributed by atoms with van der Waals surface area (Å²) in [7, 11) is 1.69. The molecule has 0 bridgehead atoms. The highest BCUT2D eigenvalue weighted by molar-refractivity contribution is 5.87. The molecule has 0 aliphatic rings. The highest BCUT2D eigenvalue weighted by Gasteiger charge is 2.17. The summed E-state index contributed by atoms with van der Waals surface area (Å²) in [5, 5.41) is 12.0. The molecule has 2 N–H and O–H groups in total. The number of carboxylic acids is 1. The summed E-state index contributed by atoms with van der Waals surface area (Å²) in [4.78, 5) is 10.7. The molecule has 1 heterocycles. The lowest BCUT2D eigenvalue weighted by molar-refractivity contribution is 0.0696. The predicted molar refractivity (Wildman–Crippen MR) is 67.6 cm³/mol. The van der Waals surface area contributed by atoms with Crippen LogP contribution < -0.4 is 5.32 Å². The van der Waals surface area contributed by atoms with E-state index < -0.39 is 5.97 Å². The molecule has 0 unspecified atom stereocenters. The maximum absolute atomic E-state index is 10.7. The topological polar surface area (TPSA) is 71.7 Å². The largest absolute Gasteiger partial charge is 0.478 e. The third kappa shape index (κ3) is 4.89. The Labute approximate surface area is 107 Å². The molecule has 0 aliphatic carbocycles. The molecule has 0 aromatic carbocycles.